The molecule has 1 aromatic heterocycles. The van der Waals surface area contributed by atoms with Crippen molar-refractivity contribution in [3.63, 3.8) is 0 Å². The lowest BCUT2D eigenvalue weighted by Gasteiger charge is -2.57. The molecule has 24 heavy (non-hydrogen) atoms. The fourth-order valence-electron chi connectivity index (χ4n) is 4.93. The third-order valence-electron chi connectivity index (χ3n) is 5.92. The van der Waals surface area contributed by atoms with Crippen LogP contribution in [0.4, 0.5) is 11.5 Å². The Labute approximate surface area is 145 Å². The normalized spacial score (nSPS) is 38.6. The summed E-state index contributed by atoms with van der Waals surface area (Å²) in [7, 11) is 0. The molecule has 5 nitrogen and oxygen atoms in total. The van der Waals surface area contributed by atoms with E-state index in [-0.39, 0.29) is 12.2 Å². The highest BCUT2D eigenvalue weighted by Gasteiger charge is 2.51. The van der Waals surface area contributed by atoms with Crippen LogP contribution in [0.3, 0.4) is 0 Å². The maximum atomic E-state index is 5.95. The first-order valence-electron chi connectivity index (χ1n) is 9.33. The van der Waals surface area contributed by atoms with Crippen LogP contribution in [-0.2, 0) is 4.74 Å². The predicted octanol–water partition coefficient (Wildman–Crippen LogP) is 2.69. The van der Waals surface area contributed by atoms with E-state index in [9.17, 15) is 0 Å². The van der Waals surface area contributed by atoms with E-state index < -0.39 is 0 Å². The topological polar surface area (TPSA) is 63.4 Å². The Morgan fingerprint density at radius 2 is 1.83 bits per heavy atom. The Bertz CT molecular complexity index is 595. The molecule has 3 N–H and O–H groups in total. The molecule has 4 rings (SSSR count). The summed E-state index contributed by atoms with van der Waals surface area (Å²) < 4.78 is 5.82. The van der Waals surface area contributed by atoms with Gasteiger partial charge >= 0.3 is 0 Å². The van der Waals surface area contributed by atoms with Crippen LogP contribution in [-0.4, -0.2) is 42.4 Å². The minimum absolute atomic E-state index is 0.258. The Balaban J connectivity index is 1.38. The van der Waals surface area contributed by atoms with E-state index in [1.165, 1.54) is 31.4 Å². The van der Waals surface area contributed by atoms with Crippen molar-refractivity contribution in [2.24, 2.45) is 11.1 Å². The number of ether oxygens (including phenoxy) is 1. The van der Waals surface area contributed by atoms with E-state index in [1.54, 1.807) is 0 Å². The number of anilines is 2. The van der Waals surface area contributed by atoms with Gasteiger partial charge < -0.3 is 20.7 Å². The van der Waals surface area contributed by atoms with Crippen LogP contribution in [0.1, 0.15) is 45.2 Å². The van der Waals surface area contributed by atoms with Gasteiger partial charge in [0.05, 0.1) is 23.6 Å². The van der Waals surface area contributed by atoms with Crippen molar-refractivity contribution in [1.29, 1.82) is 0 Å². The number of nitrogens with two attached hydrogens (primary N) is 1. The van der Waals surface area contributed by atoms with Gasteiger partial charge in [-0.25, -0.2) is 4.98 Å². The van der Waals surface area contributed by atoms with Crippen LogP contribution in [0, 0.1) is 12.3 Å². The van der Waals surface area contributed by atoms with Gasteiger partial charge in [-0.2, -0.15) is 0 Å². The molecule has 3 fully saturated rings. The molecule has 2 aliphatic carbocycles. The summed E-state index contributed by atoms with van der Waals surface area (Å²) in [5.74, 6) is 1.06. The quantitative estimate of drug-likeness (QED) is 0.892. The zero-order valence-corrected chi connectivity index (χ0v) is 15.1. The van der Waals surface area contributed by atoms with Crippen LogP contribution in [0.25, 0.3) is 0 Å². The lowest BCUT2D eigenvalue weighted by Crippen LogP contribution is -2.57. The molecule has 5 heteroatoms. The molecule has 2 unspecified atom stereocenters. The summed E-state index contributed by atoms with van der Waals surface area (Å²) in [5.41, 5.74) is 8.78. The van der Waals surface area contributed by atoms with Crippen molar-refractivity contribution in [1.82, 2.24) is 4.98 Å². The third kappa shape index (κ3) is 3.00. The first kappa shape index (κ1) is 16.2. The highest BCUT2D eigenvalue weighted by molar-refractivity contribution is 5.54. The maximum Gasteiger partial charge on any atom is 0.129 e. The zero-order valence-electron chi connectivity index (χ0n) is 15.1. The van der Waals surface area contributed by atoms with Crippen LogP contribution in [0.2, 0.25) is 0 Å². The number of nitrogens with zero attached hydrogens (tertiary/aromatic N) is 2. The van der Waals surface area contributed by atoms with Gasteiger partial charge in [-0.1, -0.05) is 0 Å². The lowest BCUT2D eigenvalue weighted by atomic mass is 9.52. The molecule has 1 aromatic rings. The van der Waals surface area contributed by atoms with E-state index in [1.807, 2.05) is 0 Å². The second kappa shape index (κ2) is 5.88. The van der Waals surface area contributed by atoms with Gasteiger partial charge in [0.2, 0.25) is 0 Å². The Kier molecular flexibility index (Phi) is 3.96. The molecule has 0 amide bonds. The highest BCUT2D eigenvalue weighted by Crippen LogP contribution is 2.55. The van der Waals surface area contributed by atoms with E-state index >= 15 is 0 Å². The first-order chi connectivity index (χ1) is 11.4. The molecule has 132 valence electrons. The largest absolute Gasteiger partial charge is 0.381 e. The molecule has 0 bridgehead atoms. The van der Waals surface area contributed by atoms with Crippen molar-refractivity contribution < 1.29 is 4.74 Å². The Morgan fingerprint density at radius 3 is 2.42 bits per heavy atom. The molecular formula is C19H30N4O. The SMILES string of the molecule is Cc1nc(N2CC(C)OC(C)C2)ccc1NC1CC2(CC(N)C2)C1. The van der Waals surface area contributed by atoms with Crippen LogP contribution in [0.15, 0.2) is 12.1 Å². The Hall–Kier alpha value is -1.33. The monoisotopic (exact) mass is 330 g/mol. The highest BCUT2D eigenvalue weighted by atomic mass is 16.5. The zero-order chi connectivity index (χ0) is 16.9. The molecule has 1 aliphatic heterocycles. The van der Waals surface area contributed by atoms with Crippen molar-refractivity contribution in [3.05, 3.63) is 17.8 Å². The molecule has 3 aliphatic rings. The summed E-state index contributed by atoms with van der Waals surface area (Å²) >= 11 is 0. The summed E-state index contributed by atoms with van der Waals surface area (Å²) in [6.07, 6.45) is 5.48. The van der Waals surface area contributed by atoms with Crippen LogP contribution < -0.4 is 16.0 Å². The van der Waals surface area contributed by atoms with E-state index in [0.717, 1.165) is 24.6 Å². The molecule has 1 spiro atoms. The first-order valence-corrected chi connectivity index (χ1v) is 9.33. The molecule has 1 saturated heterocycles. The third-order valence-corrected chi connectivity index (χ3v) is 5.92. The second-order valence-corrected chi connectivity index (χ2v) is 8.38. The standard InChI is InChI=1S/C19H30N4O/c1-12-10-23(11-13(2)24-12)18-5-4-17(14(3)21-18)22-16-8-19(9-16)6-15(20)7-19/h4-5,12-13,15-16,22H,6-11,20H2,1-3H3. The van der Waals surface area contributed by atoms with Crippen molar-refractivity contribution in [2.75, 3.05) is 23.3 Å². The minimum Gasteiger partial charge on any atom is -0.381 e. The lowest BCUT2D eigenvalue weighted by molar-refractivity contribution is -0.00546. The number of nitrogens with one attached hydrogen (secondary N) is 1. The number of hydrogen-bond donors (Lipinski definition) is 2. The number of morpholine rings is 1. The number of hydrogen-bond acceptors (Lipinski definition) is 5. The summed E-state index contributed by atoms with van der Waals surface area (Å²) in [4.78, 5) is 7.18. The fraction of sp³-hybridized carbons (Fsp3) is 0.737. The fourth-order valence-corrected chi connectivity index (χ4v) is 4.93. The maximum absolute atomic E-state index is 5.95. The number of pyridine rings is 1. The van der Waals surface area contributed by atoms with Crippen molar-refractivity contribution in [2.45, 2.75) is 70.7 Å². The molecule has 2 heterocycles. The van der Waals surface area contributed by atoms with Crippen LogP contribution in [0.5, 0.6) is 0 Å². The van der Waals surface area contributed by atoms with E-state index in [0.29, 0.717) is 17.5 Å². The number of rotatable bonds is 3. The smallest absolute Gasteiger partial charge is 0.129 e. The molecule has 2 atom stereocenters. The van der Waals surface area contributed by atoms with Gasteiger partial charge in [0, 0.05) is 25.2 Å². The second-order valence-electron chi connectivity index (χ2n) is 8.38. The van der Waals surface area contributed by atoms with Gasteiger partial charge in [-0.15, -0.1) is 0 Å². The molecule has 2 saturated carbocycles. The summed E-state index contributed by atoms with van der Waals surface area (Å²) in [5, 5.41) is 3.69. The van der Waals surface area contributed by atoms with Gasteiger partial charge in [-0.05, 0) is 64.0 Å². The van der Waals surface area contributed by atoms with Gasteiger partial charge in [0.25, 0.3) is 0 Å². The predicted molar refractivity (Wildman–Crippen MR) is 97.5 cm³/mol. The van der Waals surface area contributed by atoms with Crippen LogP contribution >= 0.6 is 0 Å². The average Bonchev–Trinajstić information content (AvgIpc) is 2.44. The Morgan fingerprint density at radius 1 is 1.17 bits per heavy atom. The van der Waals surface area contributed by atoms with Crippen molar-refractivity contribution in [3.8, 4) is 0 Å². The summed E-state index contributed by atoms with van der Waals surface area (Å²) in [6, 6.07) is 5.38. The molecule has 0 radical (unpaired) electrons. The minimum atomic E-state index is 0.258. The molecular weight excluding hydrogens is 300 g/mol. The van der Waals surface area contributed by atoms with Gasteiger partial charge in [0.1, 0.15) is 5.82 Å². The van der Waals surface area contributed by atoms with E-state index in [4.69, 9.17) is 15.5 Å². The van der Waals surface area contributed by atoms with Gasteiger partial charge in [-0.3, -0.25) is 0 Å². The summed E-state index contributed by atoms with van der Waals surface area (Å²) in [6.45, 7) is 8.19. The molecule has 0 aromatic carbocycles. The number of aromatic nitrogens is 1. The number of aryl methyl sites for hydroxylation is 1. The van der Waals surface area contributed by atoms with Gasteiger partial charge in [0.15, 0.2) is 0 Å². The van der Waals surface area contributed by atoms with Crippen molar-refractivity contribution >= 4 is 11.5 Å². The average molecular weight is 330 g/mol. The van der Waals surface area contributed by atoms with E-state index in [2.05, 4.69) is 43.1 Å².